The van der Waals surface area contributed by atoms with E-state index in [1.807, 2.05) is 67.4 Å². The highest BCUT2D eigenvalue weighted by Gasteiger charge is 2.10. The van der Waals surface area contributed by atoms with Gasteiger partial charge in [0.2, 0.25) is 5.91 Å². The number of carbonyl (C=O) groups excluding carboxylic acids is 1. The fraction of sp³-hybridized carbons (Fsp3) is 0.364. The quantitative estimate of drug-likeness (QED) is 0.501. The Bertz CT molecular complexity index is 806. The summed E-state index contributed by atoms with van der Waals surface area (Å²) >= 11 is 0. The predicted octanol–water partition coefficient (Wildman–Crippen LogP) is 2.42. The molecule has 2 rings (SSSR count). The van der Waals surface area contributed by atoms with Gasteiger partial charge in [-0.25, -0.2) is 4.99 Å². The molecule has 29 heavy (non-hydrogen) atoms. The maximum Gasteiger partial charge on any atom is 0.242 e. The lowest BCUT2D eigenvalue weighted by Gasteiger charge is -2.23. The van der Waals surface area contributed by atoms with E-state index in [2.05, 4.69) is 15.6 Å². The highest BCUT2D eigenvalue weighted by molar-refractivity contribution is 5.84. The molecule has 0 spiro atoms. The number of guanidine groups is 1. The number of nitrogens with one attached hydrogen (secondary N) is 2. The Kier molecular flexibility index (Phi) is 8.82. The molecule has 7 nitrogen and oxygen atoms in total. The maximum atomic E-state index is 12.2. The molecule has 0 atom stereocenters. The van der Waals surface area contributed by atoms with Crippen LogP contribution in [0, 0.1) is 0 Å². The van der Waals surface area contributed by atoms with Gasteiger partial charge < -0.3 is 25.0 Å². The minimum absolute atomic E-state index is 0.0503. The molecule has 0 aliphatic heterocycles. The number of aliphatic imine (C=N–C) groups is 1. The first-order valence-corrected chi connectivity index (χ1v) is 9.58. The van der Waals surface area contributed by atoms with E-state index in [4.69, 9.17) is 9.47 Å². The molecule has 156 valence electrons. The Labute approximate surface area is 172 Å². The number of ether oxygens (including phenoxy) is 2. The third kappa shape index (κ3) is 7.03. The van der Waals surface area contributed by atoms with Gasteiger partial charge >= 0.3 is 0 Å². The van der Waals surface area contributed by atoms with E-state index in [-0.39, 0.29) is 12.5 Å². The zero-order chi connectivity index (χ0) is 21.1. The number of hydrogen-bond acceptors (Lipinski definition) is 4. The molecule has 1 amide bonds. The monoisotopic (exact) mass is 398 g/mol. The van der Waals surface area contributed by atoms with E-state index >= 15 is 0 Å². The van der Waals surface area contributed by atoms with Crippen molar-refractivity contribution in [3.63, 3.8) is 0 Å². The fourth-order valence-corrected chi connectivity index (χ4v) is 2.78. The van der Waals surface area contributed by atoms with Crippen molar-refractivity contribution in [2.24, 2.45) is 4.99 Å². The predicted molar refractivity (Wildman–Crippen MR) is 115 cm³/mol. The van der Waals surface area contributed by atoms with E-state index in [0.29, 0.717) is 25.6 Å². The molecule has 2 N–H and O–H groups in total. The highest BCUT2D eigenvalue weighted by atomic mass is 16.5. The topological polar surface area (TPSA) is 75.2 Å². The van der Waals surface area contributed by atoms with Crippen LogP contribution < -0.4 is 20.1 Å². The van der Waals surface area contributed by atoms with Crippen molar-refractivity contribution < 1.29 is 14.3 Å². The first-order valence-electron chi connectivity index (χ1n) is 9.58. The molecule has 0 fully saturated rings. The zero-order valence-corrected chi connectivity index (χ0v) is 17.6. The average Bonchev–Trinajstić information content (AvgIpc) is 2.75. The van der Waals surface area contributed by atoms with Crippen LogP contribution in [-0.2, 0) is 17.9 Å². The largest absolute Gasteiger partial charge is 0.497 e. The van der Waals surface area contributed by atoms with Gasteiger partial charge in [-0.15, -0.1) is 0 Å². The average molecular weight is 399 g/mol. The van der Waals surface area contributed by atoms with Crippen molar-refractivity contribution in [2.75, 3.05) is 34.4 Å². The summed E-state index contributed by atoms with van der Waals surface area (Å²) in [6.45, 7) is 3.82. The second-order valence-electron chi connectivity index (χ2n) is 6.46. The summed E-state index contributed by atoms with van der Waals surface area (Å²) in [5.41, 5.74) is 2.05. The minimum Gasteiger partial charge on any atom is -0.497 e. The first-order chi connectivity index (χ1) is 14.1. The second-order valence-corrected chi connectivity index (χ2v) is 6.46. The summed E-state index contributed by atoms with van der Waals surface area (Å²) in [4.78, 5) is 18.7. The Morgan fingerprint density at radius 2 is 1.76 bits per heavy atom. The lowest BCUT2D eigenvalue weighted by atomic mass is 10.2. The molecule has 0 radical (unpaired) electrons. The van der Waals surface area contributed by atoms with Crippen LogP contribution in [0.15, 0.2) is 53.5 Å². The molecular formula is C22H30N4O3. The molecule has 7 heteroatoms. The van der Waals surface area contributed by atoms with Crippen molar-refractivity contribution >= 4 is 11.9 Å². The van der Waals surface area contributed by atoms with Crippen molar-refractivity contribution in [3.05, 3.63) is 59.7 Å². The standard InChI is InChI=1S/C22H30N4O3/c1-5-23-22(26(2)16-18-8-6-7-9-20(18)29-4)25-15-21(27)24-14-17-10-12-19(28-3)13-11-17/h6-13H,5,14-16H2,1-4H3,(H,23,25)(H,24,27). The SMILES string of the molecule is CCNC(=NCC(=O)NCc1ccc(OC)cc1)N(C)Cc1ccccc1OC. The number of amides is 1. The lowest BCUT2D eigenvalue weighted by Crippen LogP contribution is -2.39. The van der Waals surface area contributed by atoms with Crippen LogP contribution >= 0.6 is 0 Å². The van der Waals surface area contributed by atoms with E-state index in [1.54, 1.807) is 14.2 Å². The fourth-order valence-electron chi connectivity index (χ4n) is 2.78. The Hall–Kier alpha value is -3.22. The van der Waals surface area contributed by atoms with E-state index in [0.717, 1.165) is 22.6 Å². The van der Waals surface area contributed by atoms with Gasteiger partial charge in [0, 0.05) is 32.2 Å². The van der Waals surface area contributed by atoms with Crippen molar-refractivity contribution in [1.82, 2.24) is 15.5 Å². The number of carbonyl (C=O) groups is 1. The molecule has 0 unspecified atom stereocenters. The normalized spacial score (nSPS) is 11.0. The van der Waals surface area contributed by atoms with Crippen molar-refractivity contribution in [1.29, 1.82) is 0 Å². The number of hydrogen-bond donors (Lipinski definition) is 2. The molecular weight excluding hydrogens is 368 g/mol. The number of para-hydroxylation sites is 1. The number of methoxy groups -OCH3 is 2. The van der Waals surface area contributed by atoms with Crippen LogP contribution in [0.1, 0.15) is 18.1 Å². The van der Waals surface area contributed by atoms with Gasteiger partial charge in [-0.05, 0) is 30.7 Å². The van der Waals surface area contributed by atoms with Crippen LogP contribution in [0.3, 0.4) is 0 Å². The van der Waals surface area contributed by atoms with E-state index < -0.39 is 0 Å². The molecule has 2 aromatic carbocycles. The van der Waals surface area contributed by atoms with Gasteiger partial charge in [0.15, 0.2) is 5.96 Å². The summed E-state index contributed by atoms with van der Waals surface area (Å²) in [7, 11) is 5.22. The van der Waals surface area contributed by atoms with Crippen LogP contribution in [0.25, 0.3) is 0 Å². The van der Waals surface area contributed by atoms with Gasteiger partial charge in [0.1, 0.15) is 18.0 Å². The summed E-state index contributed by atoms with van der Waals surface area (Å²) in [6, 6.07) is 15.4. The Balaban J connectivity index is 1.93. The van der Waals surface area contributed by atoms with Gasteiger partial charge in [-0.3, -0.25) is 4.79 Å². The Morgan fingerprint density at radius 3 is 2.41 bits per heavy atom. The van der Waals surface area contributed by atoms with Gasteiger partial charge in [0.05, 0.1) is 14.2 Å². The van der Waals surface area contributed by atoms with E-state index in [1.165, 1.54) is 0 Å². The number of rotatable bonds is 9. The minimum atomic E-state index is -0.137. The lowest BCUT2D eigenvalue weighted by molar-refractivity contribution is -0.119. The maximum absolute atomic E-state index is 12.2. The second kappa shape index (κ2) is 11.6. The molecule has 0 aromatic heterocycles. The van der Waals surface area contributed by atoms with Crippen LogP contribution in [0.2, 0.25) is 0 Å². The summed E-state index contributed by atoms with van der Waals surface area (Å²) in [5.74, 6) is 2.14. The Morgan fingerprint density at radius 1 is 1.03 bits per heavy atom. The molecule has 0 aliphatic carbocycles. The van der Waals surface area contributed by atoms with Crippen molar-refractivity contribution in [3.8, 4) is 11.5 Å². The molecule has 0 heterocycles. The number of nitrogens with zero attached hydrogens (tertiary/aromatic N) is 2. The van der Waals surface area contributed by atoms with Crippen molar-refractivity contribution in [2.45, 2.75) is 20.0 Å². The third-order valence-corrected chi connectivity index (χ3v) is 4.32. The van der Waals surface area contributed by atoms with Gasteiger partial charge in [-0.1, -0.05) is 30.3 Å². The summed E-state index contributed by atoms with van der Waals surface area (Å²) in [6.07, 6.45) is 0. The summed E-state index contributed by atoms with van der Waals surface area (Å²) < 4.78 is 10.6. The molecule has 0 saturated heterocycles. The van der Waals surface area contributed by atoms with Crippen LogP contribution in [0.4, 0.5) is 0 Å². The smallest absolute Gasteiger partial charge is 0.242 e. The van der Waals surface area contributed by atoms with Gasteiger partial charge in [-0.2, -0.15) is 0 Å². The molecule has 0 saturated carbocycles. The third-order valence-electron chi connectivity index (χ3n) is 4.32. The van der Waals surface area contributed by atoms with E-state index in [9.17, 15) is 4.79 Å². The molecule has 0 aliphatic rings. The zero-order valence-electron chi connectivity index (χ0n) is 17.6. The van der Waals surface area contributed by atoms with Crippen LogP contribution in [-0.4, -0.2) is 51.1 Å². The first kappa shape index (κ1) is 22.1. The van der Waals surface area contributed by atoms with Gasteiger partial charge in [0.25, 0.3) is 0 Å². The molecule has 2 aromatic rings. The van der Waals surface area contributed by atoms with Crippen LogP contribution in [0.5, 0.6) is 11.5 Å². The highest BCUT2D eigenvalue weighted by Crippen LogP contribution is 2.18. The molecule has 0 bridgehead atoms. The number of benzene rings is 2. The summed E-state index contributed by atoms with van der Waals surface area (Å²) in [5, 5.41) is 6.11.